The van der Waals surface area contributed by atoms with E-state index in [1.807, 2.05) is 5.57 Å². The number of rotatable bonds is 5. The van der Waals surface area contributed by atoms with Crippen LogP contribution in [-0.4, -0.2) is 18.8 Å². The summed E-state index contributed by atoms with van der Waals surface area (Å²) in [6.07, 6.45) is 16.9. The summed E-state index contributed by atoms with van der Waals surface area (Å²) in [5.74, 6) is 4.49. The molecule has 0 N–H and O–H groups in total. The smallest absolute Gasteiger partial charge is 0.0618 e. The van der Waals surface area contributed by atoms with Crippen LogP contribution in [0.5, 0.6) is 0 Å². The Hall–Kier alpha value is -0.990. The SMILES string of the molecule is CC(CC[C@H]1O[C@H]2C[C@H]3[C@@H]4CC=C5CCCC[C@]5(C)[C@H]4CC[C@]3(C)[C@H]2[C@@H]1C)CN=[N+]=[N-]. The van der Waals surface area contributed by atoms with Crippen LogP contribution in [0.2, 0.25) is 0 Å². The summed E-state index contributed by atoms with van der Waals surface area (Å²) in [5.41, 5.74) is 11.4. The molecule has 0 bridgehead atoms. The predicted molar refractivity (Wildman–Crippen MR) is 125 cm³/mol. The molecule has 0 aromatic rings. The van der Waals surface area contributed by atoms with Gasteiger partial charge >= 0.3 is 0 Å². The molecule has 1 unspecified atom stereocenters. The van der Waals surface area contributed by atoms with Gasteiger partial charge in [0.05, 0.1) is 12.2 Å². The number of ether oxygens (including phenoxy) is 1. The number of allylic oxidation sites excluding steroid dienone is 2. The van der Waals surface area contributed by atoms with Crippen molar-refractivity contribution in [1.82, 2.24) is 0 Å². The predicted octanol–water partition coefficient (Wildman–Crippen LogP) is 7.70. The van der Waals surface area contributed by atoms with E-state index in [0.717, 1.165) is 36.5 Å². The molecule has 4 aliphatic carbocycles. The summed E-state index contributed by atoms with van der Waals surface area (Å²) in [4.78, 5) is 2.92. The fourth-order valence-electron chi connectivity index (χ4n) is 9.43. The summed E-state index contributed by atoms with van der Waals surface area (Å²) in [6.45, 7) is 10.6. The quantitative estimate of drug-likeness (QED) is 0.193. The third-order valence-electron chi connectivity index (χ3n) is 11.0. The second kappa shape index (κ2) is 8.10. The highest BCUT2D eigenvalue weighted by Crippen LogP contribution is 2.69. The molecule has 0 aromatic heterocycles. The van der Waals surface area contributed by atoms with Gasteiger partial charge in [0.15, 0.2) is 0 Å². The first-order valence-corrected chi connectivity index (χ1v) is 13.2. The number of nitrogens with zero attached hydrogens (tertiary/aromatic N) is 3. The fraction of sp³-hybridized carbons (Fsp3) is 0.926. The van der Waals surface area contributed by atoms with Gasteiger partial charge < -0.3 is 4.74 Å². The van der Waals surface area contributed by atoms with Gasteiger partial charge in [-0.1, -0.05) is 50.9 Å². The highest BCUT2D eigenvalue weighted by molar-refractivity contribution is 5.25. The molecular formula is C27H43N3O. The van der Waals surface area contributed by atoms with Crippen molar-refractivity contribution in [3.63, 3.8) is 0 Å². The number of hydrogen-bond acceptors (Lipinski definition) is 2. The maximum Gasteiger partial charge on any atom is 0.0618 e. The van der Waals surface area contributed by atoms with Crippen LogP contribution in [0.1, 0.15) is 91.9 Å². The Balaban J connectivity index is 1.30. The number of fused-ring (bicyclic) bond motifs is 7. The van der Waals surface area contributed by atoms with E-state index in [2.05, 4.69) is 43.8 Å². The zero-order valence-electron chi connectivity index (χ0n) is 20.2. The molecule has 0 radical (unpaired) electrons. The van der Waals surface area contributed by atoms with Crippen molar-refractivity contribution in [3.05, 3.63) is 22.1 Å². The maximum atomic E-state index is 8.58. The van der Waals surface area contributed by atoms with Crippen molar-refractivity contribution in [2.45, 2.75) is 104 Å². The van der Waals surface area contributed by atoms with Crippen molar-refractivity contribution in [2.75, 3.05) is 6.54 Å². The van der Waals surface area contributed by atoms with Crippen LogP contribution in [0.4, 0.5) is 0 Å². The minimum atomic E-state index is 0.396. The molecule has 0 spiro atoms. The second-order valence-corrected chi connectivity index (χ2v) is 12.4. The minimum absolute atomic E-state index is 0.396. The first-order chi connectivity index (χ1) is 14.9. The standard InChI is InChI=1S/C27H43N3O/c1-17(16-29-30-28)8-11-23-18(2)25-24(31-23)15-22-20-10-9-19-7-5-6-13-26(19,3)21(20)12-14-27(22,25)4/h9,17-18,20-25H,5-8,10-16H2,1-4H3/t17?,18-,20-,21+,22+,23-,24+,25+,26+,27+/m1/s1. The van der Waals surface area contributed by atoms with Crippen molar-refractivity contribution >= 4 is 0 Å². The lowest BCUT2D eigenvalue weighted by Crippen LogP contribution is -2.50. The van der Waals surface area contributed by atoms with E-state index in [1.54, 1.807) is 0 Å². The third kappa shape index (κ3) is 3.39. The van der Waals surface area contributed by atoms with E-state index in [-0.39, 0.29) is 0 Å². The molecule has 4 fully saturated rings. The molecule has 0 amide bonds. The van der Waals surface area contributed by atoms with Crippen LogP contribution in [0, 0.1) is 46.3 Å². The molecule has 10 atom stereocenters. The summed E-state index contributed by atoms with van der Waals surface area (Å²) in [5, 5.41) is 3.77. The van der Waals surface area contributed by atoms with Gasteiger partial charge in [-0.15, -0.1) is 0 Å². The van der Waals surface area contributed by atoms with Crippen LogP contribution in [0.15, 0.2) is 16.8 Å². The molecule has 3 saturated carbocycles. The van der Waals surface area contributed by atoms with Gasteiger partial charge in [0, 0.05) is 11.5 Å². The lowest BCUT2D eigenvalue weighted by atomic mass is 9.47. The van der Waals surface area contributed by atoms with Crippen LogP contribution < -0.4 is 0 Å². The van der Waals surface area contributed by atoms with E-state index in [0.29, 0.717) is 41.4 Å². The second-order valence-electron chi connectivity index (χ2n) is 12.4. The highest BCUT2D eigenvalue weighted by atomic mass is 16.5. The van der Waals surface area contributed by atoms with Crippen molar-refractivity contribution in [2.24, 2.45) is 51.5 Å². The van der Waals surface area contributed by atoms with Gasteiger partial charge in [-0.25, -0.2) is 0 Å². The van der Waals surface area contributed by atoms with Gasteiger partial charge in [-0.3, -0.25) is 0 Å². The molecule has 4 nitrogen and oxygen atoms in total. The van der Waals surface area contributed by atoms with E-state index >= 15 is 0 Å². The third-order valence-corrected chi connectivity index (χ3v) is 11.0. The Bertz CT molecular complexity index is 772. The van der Waals surface area contributed by atoms with Gasteiger partial charge in [0.25, 0.3) is 0 Å². The lowest BCUT2D eigenvalue weighted by Gasteiger charge is -2.58. The van der Waals surface area contributed by atoms with Crippen LogP contribution in [0.25, 0.3) is 10.4 Å². The molecule has 31 heavy (non-hydrogen) atoms. The molecule has 4 heteroatoms. The van der Waals surface area contributed by atoms with E-state index in [1.165, 1.54) is 51.4 Å². The molecule has 5 rings (SSSR count). The Morgan fingerprint density at radius 3 is 2.90 bits per heavy atom. The van der Waals surface area contributed by atoms with E-state index < -0.39 is 0 Å². The Morgan fingerprint density at radius 2 is 2.10 bits per heavy atom. The minimum Gasteiger partial charge on any atom is -0.374 e. The Kier molecular flexibility index (Phi) is 5.70. The highest BCUT2D eigenvalue weighted by Gasteiger charge is 2.64. The van der Waals surface area contributed by atoms with Crippen LogP contribution >= 0.6 is 0 Å². The van der Waals surface area contributed by atoms with Crippen molar-refractivity contribution < 1.29 is 4.74 Å². The van der Waals surface area contributed by atoms with Gasteiger partial charge in [-0.2, -0.15) is 0 Å². The van der Waals surface area contributed by atoms with Crippen LogP contribution in [0.3, 0.4) is 0 Å². The molecule has 172 valence electrons. The fourth-order valence-corrected chi connectivity index (χ4v) is 9.43. The van der Waals surface area contributed by atoms with Gasteiger partial charge in [0.1, 0.15) is 0 Å². The molecular weight excluding hydrogens is 382 g/mol. The largest absolute Gasteiger partial charge is 0.374 e. The average Bonchev–Trinajstić information content (AvgIpc) is 3.23. The monoisotopic (exact) mass is 425 g/mol. The topological polar surface area (TPSA) is 58.0 Å². The summed E-state index contributed by atoms with van der Waals surface area (Å²) >= 11 is 0. The van der Waals surface area contributed by atoms with E-state index in [9.17, 15) is 0 Å². The Labute approximate surface area is 189 Å². The number of hydrogen-bond donors (Lipinski definition) is 0. The average molecular weight is 426 g/mol. The molecule has 1 aliphatic heterocycles. The molecule has 0 aromatic carbocycles. The first kappa shape index (κ1) is 21.8. The summed E-state index contributed by atoms with van der Waals surface area (Å²) in [6, 6.07) is 0. The zero-order chi connectivity index (χ0) is 21.8. The van der Waals surface area contributed by atoms with Crippen LogP contribution in [-0.2, 0) is 4.74 Å². The summed E-state index contributed by atoms with van der Waals surface area (Å²) in [7, 11) is 0. The zero-order valence-corrected chi connectivity index (χ0v) is 20.2. The maximum absolute atomic E-state index is 8.58. The van der Waals surface area contributed by atoms with Crippen molar-refractivity contribution in [1.29, 1.82) is 0 Å². The van der Waals surface area contributed by atoms with E-state index in [4.69, 9.17) is 10.3 Å². The molecule has 1 heterocycles. The first-order valence-electron chi connectivity index (χ1n) is 13.2. The Morgan fingerprint density at radius 1 is 1.26 bits per heavy atom. The number of azide groups is 1. The molecule has 5 aliphatic rings. The van der Waals surface area contributed by atoms with Gasteiger partial charge in [0.2, 0.25) is 0 Å². The van der Waals surface area contributed by atoms with Gasteiger partial charge in [-0.05, 0) is 110 Å². The lowest BCUT2D eigenvalue weighted by molar-refractivity contribution is -0.0520. The normalized spacial score (nSPS) is 49.2. The molecule has 1 saturated heterocycles. The summed E-state index contributed by atoms with van der Waals surface area (Å²) < 4.78 is 6.80. The van der Waals surface area contributed by atoms with Crippen molar-refractivity contribution in [3.8, 4) is 0 Å².